The number of H-pyrrole nitrogens is 1. The van der Waals surface area contributed by atoms with E-state index in [1.54, 1.807) is 41.8 Å². The van der Waals surface area contributed by atoms with Crippen LogP contribution >= 0.6 is 11.3 Å². The molecule has 28 heavy (non-hydrogen) atoms. The third-order valence-corrected chi connectivity index (χ3v) is 5.01. The maximum atomic E-state index is 12.4. The van der Waals surface area contributed by atoms with Crippen LogP contribution in [0.25, 0.3) is 16.3 Å². The number of nitro groups is 1. The number of nitrogens with one attached hydrogen (secondary N) is 2. The summed E-state index contributed by atoms with van der Waals surface area (Å²) >= 11 is 1.63. The first-order valence-corrected chi connectivity index (χ1v) is 9.05. The van der Waals surface area contributed by atoms with E-state index >= 15 is 0 Å². The van der Waals surface area contributed by atoms with Gasteiger partial charge in [-0.3, -0.25) is 20.0 Å². The number of hydrogen-bond donors (Lipinski definition) is 2. The van der Waals surface area contributed by atoms with Gasteiger partial charge >= 0.3 is 0 Å². The Kier molecular flexibility index (Phi) is 4.45. The first-order valence-electron chi connectivity index (χ1n) is 8.24. The number of benzene rings is 1. The zero-order chi connectivity index (χ0) is 19.7. The molecule has 2 N–H and O–H groups in total. The van der Waals surface area contributed by atoms with Gasteiger partial charge in [-0.2, -0.15) is 10.2 Å². The lowest BCUT2D eigenvalue weighted by Gasteiger charge is -2.01. The molecular formula is C18H14N6O3S. The fourth-order valence-electron chi connectivity index (χ4n) is 2.59. The molecule has 1 amide bonds. The summed E-state index contributed by atoms with van der Waals surface area (Å²) in [7, 11) is 0. The Hall–Kier alpha value is -3.79. The van der Waals surface area contributed by atoms with Crippen molar-refractivity contribution in [3.63, 3.8) is 0 Å². The second kappa shape index (κ2) is 7.08. The lowest BCUT2D eigenvalue weighted by atomic mass is 10.3. The van der Waals surface area contributed by atoms with Gasteiger partial charge < -0.3 is 5.32 Å². The highest BCUT2D eigenvalue weighted by atomic mass is 32.1. The van der Waals surface area contributed by atoms with Gasteiger partial charge in [0.1, 0.15) is 0 Å². The van der Waals surface area contributed by atoms with E-state index in [0.29, 0.717) is 11.5 Å². The van der Waals surface area contributed by atoms with Crippen LogP contribution < -0.4 is 5.32 Å². The predicted molar refractivity (Wildman–Crippen MR) is 105 cm³/mol. The summed E-state index contributed by atoms with van der Waals surface area (Å²) in [6.45, 7) is 2.02. The standard InChI is InChI=1S/C18H14N6O3S/c1-11-2-7-16(28-11)15-10-17(21-20-15)19-18(25)14-8-9-23(22-14)12-3-5-13(6-4-12)24(26)27/h2-10H,1H3,(H2,19,20,21,25). The van der Waals surface area contributed by atoms with Crippen molar-refractivity contribution in [3.8, 4) is 16.3 Å². The van der Waals surface area contributed by atoms with Crippen LogP contribution in [0.5, 0.6) is 0 Å². The second-order valence-corrected chi connectivity index (χ2v) is 7.24. The summed E-state index contributed by atoms with van der Waals surface area (Å²) < 4.78 is 1.48. The third-order valence-electron chi connectivity index (χ3n) is 3.97. The van der Waals surface area contributed by atoms with E-state index < -0.39 is 10.8 Å². The van der Waals surface area contributed by atoms with Crippen molar-refractivity contribution in [2.45, 2.75) is 6.92 Å². The molecule has 4 rings (SSSR count). The number of amides is 1. The van der Waals surface area contributed by atoms with E-state index in [0.717, 1.165) is 10.6 Å². The molecule has 10 heteroatoms. The van der Waals surface area contributed by atoms with E-state index in [1.165, 1.54) is 21.7 Å². The Morgan fingerprint density at radius 1 is 1.21 bits per heavy atom. The fraction of sp³-hybridized carbons (Fsp3) is 0.0556. The number of nitrogens with zero attached hydrogens (tertiary/aromatic N) is 4. The number of nitro benzene ring substituents is 1. The number of thiophene rings is 1. The number of non-ortho nitro benzene ring substituents is 1. The van der Waals surface area contributed by atoms with Gasteiger partial charge in [-0.15, -0.1) is 11.3 Å². The van der Waals surface area contributed by atoms with Gasteiger partial charge in [0.15, 0.2) is 11.5 Å². The van der Waals surface area contributed by atoms with Crippen molar-refractivity contribution in [3.05, 3.63) is 75.4 Å². The SMILES string of the molecule is Cc1ccc(-c2cc(NC(=O)c3ccn(-c4ccc([N+](=O)[O-])cc4)n3)n[nH]2)s1. The van der Waals surface area contributed by atoms with Crippen LogP contribution in [-0.2, 0) is 0 Å². The lowest BCUT2D eigenvalue weighted by Crippen LogP contribution is -2.13. The fourth-order valence-corrected chi connectivity index (χ4v) is 3.42. The summed E-state index contributed by atoms with van der Waals surface area (Å²) in [5.41, 5.74) is 1.63. The van der Waals surface area contributed by atoms with Crippen molar-refractivity contribution in [2.75, 3.05) is 5.32 Å². The minimum Gasteiger partial charge on any atom is -0.304 e. The highest BCUT2D eigenvalue weighted by Gasteiger charge is 2.14. The third kappa shape index (κ3) is 3.53. The van der Waals surface area contributed by atoms with E-state index in [4.69, 9.17) is 0 Å². The molecule has 4 aromatic rings. The Balaban J connectivity index is 1.47. The zero-order valence-corrected chi connectivity index (χ0v) is 15.4. The summed E-state index contributed by atoms with van der Waals surface area (Å²) in [6, 6.07) is 13.2. The number of anilines is 1. The number of carbonyl (C=O) groups is 1. The van der Waals surface area contributed by atoms with Crippen LogP contribution in [0.3, 0.4) is 0 Å². The molecule has 0 spiro atoms. The second-order valence-electron chi connectivity index (χ2n) is 5.95. The molecule has 0 unspecified atom stereocenters. The van der Waals surface area contributed by atoms with Crippen LogP contribution in [0.2, 0.25) is 0 Å². The quantitative estimate of drug-likeness (QED) is 0.394. The van der Waals surface area contributed by atoms with Crippen LogP contribution in [0.4, 0.5) is 11.5 Å². The largest absolute Gasteiger partial charge is 0.304 e. The first kappa shape index (κ1) is 17.6. The molecule has 3 aromatic heterocycles. The Labute approximate surface area is 162 Å². The summed E-state index contributed by atoms with van der Waals surface area (Å²) in [4.78, 5) is 24.9. The first-order chi connectivity index (χ1) is 13.5. The molecule has 0 saturated carbocycles. The van der Waals surface area contributed by atoms with Crippen molar-refractivity contribution < 1.29 is 9.72 Å². The zero-order valence-electron chi connectivity index (χ0n) is 14.6. The van der Waals surface area contributed by atoms with Crippen molar-refractivity contribution >= 4 is 28.7 Å². The monoisotopic (exact) mass is 394 g/mol. The van der Waals surface area contributed by atoms with Crippen LogP contribution in [0.1, 0.15) is 15.4 Å². The van der Waals surface area contributed by atoms with E-state index in [-0.39, 0.29) is 11.4 Å². The molecule has 0 aliphatic rings. The molecule has 0 aliphatic carbocycles. The minimum atomic E-state index is -0.471. The van der Waals surface area contributed by atoms with E-state index in [9.17, 15) is 14.9 Å². The van der Waals surface area contributed by atoms with Gasteiger partial charge in [0.05, 0.1) is 21.2 Å². The van der Waals surface area contributed by atoms with Crippen molar-refractivity contribution in [1.82, 2.24) is 20.0 Å². The van der Waals surface area contributed by atoms with Gasteiger partial charge in [0.2, 0.25) is 0 Å². The minimum absolute atomic E-state index is 0.0101. The van der Waals surface area contributed by atoms with Gasteiger partial charge in [0.25, 0.3) is 11.6 Å². The summed E-state index contributed by atoms with van der Waals surface area (Å²) in [6.07, 6.45) is 1.61. The number of aromatic nitrogens is 4. The van der Waals surface area contributed by atoms with Gasteiger partial charge in [-0.05, 0) is 37.3 Å². The molecule has 0 bridgehead atoms. The molecule has 1 aromatic carbocycles. The number of hydrogen-bond acceptors (Lipinski definition) is 6. The average Bonchev–Trinajstić information content (AvgIpc) is 3.42. The molecule has 9 nitrogen and oxygen atoms in total. The molecule has 0 aliphatic heterocycles. The highest BCUT2D eigenvalue weighted by molar-refractivity contribution is 7.15. The number of rotatable bonds is 5. The van der Waals surface area contributed by atoms with Gasteiger partial charge in [-0.25, -0.2) is 4.68 Å². The van der Waals surface area contributed by atoms with Gasteiger partial charge in [0, 0.05) is 29.3 Å². The summed E-state index contributed by atoms with van der Waals surface area (Å²) in [5, 5.41) is 24.7. The molecular weight excluding hydrogens is 380 g/mol. The smallest absolute Gasteiger partial charge is 0.277 e. The van der Waals surface area contributed by atoms with Crippen LogP contribution in [0.15, 0.2) is 54.7 Å². The normalized spacial score (nSPS) is 10.8. The molecule has 140 valence electrons. The number of aromatic amines is 1. The topological polar surface area (TPSA) is 119 Å². The highest BCUT2D eigenvalue weighted by Crippen LogP contribution is 2.27. The maximum Gasteiger partial charge on any atom is 0.277 e. The number of aryl methyl sites for hydroxylation is 1. The maximum absolute atomic E-state index is 12.4. The van der Waals surface area contributed by atoms with Gasteiger partial charge in [-0.1, -0.05) is 0 Å². The number of carbonyl (C=O) groups excluding carboxylic acids is 1. The summed E-state index contributed by atoms with van der Waals surface area (Å²) in [5.74, 6) is -0.00277. The Morgan fingerprint density at radius 2 is 2.00 bits per heavy atom. The Morgan fingerprint density at radius 3 is 2.68 bits per heavy atom. The predicted octanol–water partition coefficient (Wildman–Crippen LogP) is 3.79. The molecule has 0 radical (unpaired) electrons. The van der Waals surface area contributed by atoms with Crippen LogP contribution in [-0.4, -0.2) is 30.8 Å². The molecule has 0 fully saturated rings. The lowest BCUT2D eigenvalue weighted by molar-refractivity contribution is -0.384. The molecule has 0 saturated heterocycles. The average molecular weight is 394 g/mol. The molecule has 3 heterocycles. The van der Waals surface area contributed by atoms with Crippen molar-refractivity contribution in [2.24, 2.45) is 0 Å². The molecule has 0 atom stereocenters. The van der Waals surface area contributed by atoms with E-state index in [1.807, 2.05) is 19.1 Å². The Bertz CT molecular complexity index is 1160. The van der Waals surface area contributed by atoms with E-state index in [2.05, 4.69) is 20.6 Å². The van der Waals surface area contributed by atoms with Crippen molar-refractivity contribution in [1.29, 1.82) is 0 Å². The van der Waals surface area contributed by atoms with Crippen LogP contribution in [0, 0.1) is 17.0 Å².